The van der Waals surface area contributed by atoms with Crippen LogP contribution >= 0.6 is 11.8 Å². The minimum Gasteiger partial charge on any atom is -0.397 e. The maximum absolute atomic E-state index is 12.7. The van der Waals surface area contributed by atoms with Gasteiger partial charge in [-0.25, -0.2) is 4.98 Å². The number of anilines is 2. The van der Waals surface area contributed by atoms with E-state index in [1.807, 2.05) is 61.5 Å². The van der Waals surface area contributed by atoms with Gasteiger partial charge in [-0.3, -0.25) is 14.2 Å². The van der Waals surface area contributed by atoms with E-state index in [1.165, 1.54) is 17.8 Å². The number of hydrogen-bond acceptors (Lipinski definition) is 5. The van der Waals surface area contributed by atoms with E-state index in [0.29, 0.717) is 27.7 Å². The Hall–Kier alpha value is -3.84. The molecule has 0 fully saturated rings. The molecule has 166 valence electrons. The van der Waals surface area contributed by atoms with Crippen molar-refractivity contribution in [1.29, 1.82) is 0 Å². The van der Waals surface area contributed by atoms with E-state index in [2.05, 4.69) is 10.3 Å². The second-order valence-electron chi connectivity index (χ2n) is 7.67. The van der Waals surface area contributed by atoms with Crippen molar-refractivity contribution in [2.24, 2.45) is 7.05 Å². The van der Waals surface area contributed by atoms with Crippen molar-refractivity contribution < 1.29 is 4.79 Å². The minimum absolute atomic E-state index is 0.0309. The predicted molar refractivity (Wildman–Crippen MR) is 136 cm³/mol. The maximum atomic E-state index is 12.7. The van der Waals surface area contributed by atoms with E-state index in [4.69, 9.17) is 5.73 Å². The molecule has 0 bridgehead atoms. The Kier molecular flexibility index (Phi) is 6.60. The fraction of sp³-hybridized carbons (Fsp3) is 0.115. The van der Waals surface area contributed by atoms with Crippen molar-refractivity contribution in [2.75, 3.05) is 11.1 Å². The van der Waals surface area contributed by atoms with Gasteiger partial charge in [0, 0.05) is 18.9 Å². The molecule has 0 saturated heterocycles. The van der Waals surface area contributed by atoms with E-state index in [-0.39, 0.29) is 11.5 Å². The van der Waals surface area contributed by atoms with Crippen molar-refractivity contribution in [3.63, 3.8) is 0 Å². The summed E-state index contributed by atoms with van der Waals surface area (Å²) in [7, 11) is 1.76. The van der Waals surface area contributed by atoms with Gasteiger partial charge in [-0.15, -0.1) is 0 Å². The summed E-state index contributed by atoms with van der Waals surface area (Å²) in [6, 6.07) is 20.8. The van der Waals surface area contributed by atoms with Crippen molar-refractivity contribution in [3.8, 4) is 0 Å². The highest BCUT2D eigenvalue weighted by Gasteiger charge is 2.10. The highest BCUT2D eigenvalue weighted by Crippen LogP contribution is 2.23. The third kappa shape index (κ3) is 5.15. The molecule has 0 saturated carbocycles. The number of benzene rings is 3. The number of fused-ring (bicyclic) bond motifs is 1. The number of para-hydroxylation sites is 2. The Labute approximate surface area is 196 Å². The highest BCUT2D eigenvalue weighted by molar-refractivity contribution is 7.98. The van der Waals surface area contributed by atoms with Gasteiger partial charge in [0.05, 0.1) is 22.3 Å². The first-order chi connectivity index (χ1) is 15.9. The summed E-state index contributed by atoms with van der Waals surface area (Å²) in [5.41, 5.74) is 10.6. The van der Waals surface area contributed by atoms with E-state index in [9.17, 15) is 9.59 Å². The number of nitrogens with two attached hydrogens (primary N) is 1. The molecule has 3 N–H and O–H groups in total. The summed E-state index contributed by atoms with van der Waals surface area (Å²) in [6.45, 7) is 1.93. The van der Waals surface area contributed by atoms with Crippen LogP contribution in [0.25, 0.3) is 17.0 Å². The van der Waals surface area contributed by atoms with Gasteiger partial charge in [-0.05, 0) is 47.9 Å². The summed E-state index contributed by atoms with van der Waals surface area (Å²) in [5, 5.41) is 4.11. The van der Waals surface area contributed by atoms with Gasteiger partial charge in [-0.1, -0.05) is 60.3 Å². The average molecular weight is 457 g/mol. The molecule has 33 heavy (non-hydrogen) atoms. The zero-order valence-electron chi connectivity index (χ0n) is 18.4. The molecule has 0 unspecified atom stereocenters. The summed E-state index contributed by atoms with van der Waals surface area (Å²) in [6.07, 6.45) is 3.23. The normalized spacial score (nSPS) is 11.2. The summed E-state index contributed by atoms with van der Waals surface area (Å²) >= 11 is 1.52. The molecule has 0 aliphatic rings. The highest BCUT2D eigenvalue weighted by atomic mass is 32.2. The maximum Gasteiger partial charge on any atom is 0.262 e. The van der Waals surface area contributed by atoms with Gasteiger partial charge in [0.25, 0.3) is 5.56 Å². The Morgan fingerprint density at radius 3 is 2.61 bits per heavy atom. The number of nitrogen functional groups attached to an aromatic ring is 1. The van der Waals surface area contributed by atoms with Crippen molar-refractivity contribution in [3.05, 3.63) is 99.9 Å². The molecular formula is C26H24N4O2S. The number of aromatic nitrogens is 2. The molecule has 0 atom stereocenters. The number of rotatable bonds is 6. The van der Waals surface area contributed by atoms with Gasteiger partial charge in [0.15, 0.2) is 5.16 Å². The zero-order chi connectivity index (χ0) is 23.4. The van der Waals surface area contributed by atoms with Gasteiger partial charge >= 0.3 is 0 Å². The van der Waals surface area contributed by atoms with Crippen molar-refractivity contribution in [2.45, 2.75) is 17.8 Å². The number of hydrogen-bond donors (Lipinski definition) is 2. The first-order valence-corrected chi connectivity index (χ1v) is 11.4. The van der Waals surface area contributed by atoms with Crippen LogP contribution in [0.2, 0.25) is 0 Å². The molecule has 3 aromatic carbocycles. The predicted octanol–water partition coefficient (Wildman–Crippen LogP) is 4.77. The Morgan fingerprint density at radius 2 is 1.85 bits per heavy atom. The van der Waals surface area contributed by atoms with Crippen LogP contribution in [0.1, 0.15) is 16.7 Å². The first-order valence-electron chi connectivity index (χ1n) is 10.4. The number of carbonyl (C=O) groups excluding carboxylic acids is 1. The van der Waals surface area contributed by atoms with E-state index < -0.39 is 0 Å². The smallest absolute Gasteiger partial charge is 0.262 e. The van der Waals surface area contributed by atoms with Crippen LogP contribution in [0.3, 0.4) is 0 Å². The second kappa shape index (κ2) is 9.75. The quantitative estimate of drug-likeness (QED) is 0.189. The zero-order valence-corrected chi connectivity index (χ0v) is 19.2. The SMILES string of the molecule is Cc1cccc2nc(SCc3ccc(/C=C/C(=O)Nc4ccccc4N)cc3)n(C)c(=O)c12. The molecule has 1 heterocycles. The molecule has 4 aromatic rings. The number of nitrogens with one attached hydrogen (secondary N) is 1. The van der Waals surface area contributed by atoms with Crippen LogP contribution in [0.15, 0.2) is 82.8 Å². The molecule has 0 aliphatic heterocycles. The number of aryl methyl sites for hydroxylation is 1. The topological polar surface area (TPSA) is 90.0 Å². The van der Waals surface area contributed by atoms with Gasteiger partial charge in [-0.2, -0.15) is 0 Å². The van der Waals surface area contributed by atoms with Crippen LogP contribution < -0.4 is 16.6 Å². The number of amides is 1. The van der Waals surface area contributed by atoms with Crippen LogP contribution in [0.5, 0.6) is 0 Å². The second-order valence-corrected chi connectivity index (χ2v) is 8.61. The fourth-order valence-corrected chi connectivity index (χ4v) is 4.34. The van der Waals surface area contributed by atoms with Gasteiger partial charge < -0.3 is 11.1 Å². The number of thioether (sulfide) groups is 1. The molecule has 0 spiro atoms. The Bertz CT molecular complexity index is 1410. The summed E-state index contributed by atoms with van der Waals surface area (Å²) in [5.74, 6) is 0.432. The Morgan fingerprint density at radius 1 is 1.09 bits per heavy atom. The molecule has 0 aliphatic carbocycles. The molecular weight excluding hydrogens is 432 g/mol. The lowest BCUT2D eigenvalue weighted by atomic mass is 10.1. The molecule has 4 rings (SSSR count). The third-order valence-corrected chi connectivity index (χ3v) is 6.37. The first kappa shape index (κ1) is 22.4. The number of carbonyl (C=O) groups is 1. The molecule has 1 amide bonds. The van der Waals surface area contributed by atoms with Crippen LogP contribution in [-0.4, -0.2) is 15.5 Å². The monoisotopic (exact) mass is 456 g/mol. The van der Waals surface area contributed by atoms with Gasteiger partial charge in [0.1, 0.15) is 0 Å². The van der Waals surface area contributed by atoms with Crippen LogP contribution in [0, 0.1) is 6.92 Å². The lowest BCUT2D eigenvalue weighted by Gasteiger charge is -2.10. The van der Waals surface area contributed by atoms with E-state index in [1.54, 1.807) is 29.8 Å². The Balaban J connectivity index is 1.41. The summed E-state index contributed by atoms with van der Waals surface area (Å²) in [4.78, 5) is 29.6. The van der Waals surface area contributed by atoms with Crippen molar-refractivity contribution in [1.82, 2.24) is 9.55 Å². The standard InChI is InChI=1S/C26H24N4O2S/c1-17-6-5-9-22-24(17)25(32)30(2)26(29-22)33-16-19-12-10-18(11-13-19)14-15-23(31)28-21-8-4-3-7-20(21)27/h3-15H,16,27H2,1-2H3,(H,28,31)/b15-14+. The minimum atomic E-state index is -0.244. The fourth-order valence-electron chi connectivity index (χ4n) is 3.42. The molecule has 7 heteroatoms. The lowest BCUT2D eigenvalue weighted by molar-refractivity contribution is -0.111. The third-order valence-electron chi connectivity index (χ3n) is 5.27. The van der Waals surface area contributed by atoms with Gasteiger partial charge in [0.2, 0.25) is 5.91 Å². The molecule has 1 aromatic heterocycles. The van der Waals surface area contributed by atoms with Crippen LogP contribution in [-0.2, 0) is 17.6 Å². The lowest BCUT2D eigenvalue weighted by Crippen LogP contribution is -2.20. The molecule has 6 nitrogen and oxygen atoms in total. The number of nitrogens with zero attached hydrogens (tertiary/aromatic N) is 2. The van der Waals surface area contributed by atoms with E-state index in [0.717, 1.165) is 22.2 Å². The average Bonchev–Trinajstić information content (AvgIpc) is 2.81. The summed E-state index contributed by atoms with van der Waals surface area (Å²) < 4.78 is 1.61. The van der Waals surface area contributed by atoms with Crippen LogP contribution in [0.4, 0.5) is 11.4 Å². The van der Waals surface area contributed by atoms with E-state index >= 15 is 0 Å². The largest absolute Gasteiger partial charge is 0.397 e. The van der Waals surface area contributed by atoms with Crippen molar-refractivity contribution >= 4 is 46.0 Å². The molecule has 0 radical (unpaired) electrons.